The maximum absolute atomic E-state index is 12.0. The molecule has 0 aromatic rings. The van der Waals surface area contributed by atoms with E-state index in [0.29, 0.717) is 18.4 Å². The molecule has 1 rings (SSSR count). The van der Waals surface area contributed by atoms with Crippen molar-refractivity contribution in [3.05, 3.63) is 0 Å². The Labute approximate surface area is 86.6 Å². The van der Waals surface area contributed by atoms with Crippen LogP contribution in [0.25, 0.3) is 0 Å². The third-order valence-corrected chi connectivity index (χ3v) is 3.38. The van der Waals surface area contributed by atoms with Gasteiger partial charge in [0, 0.05) is 12.6 Å². The van der Waals surface area contributed by atoms with Crippen molar-refractivity contribution in [1.29, 1.82) is 0 Å². The summed E-state index contributed by atoms with van der Waals surface area (Å²) in [6.45, 7) is 1.45. The number of alkyl halides is 1. The van der Waals surface area contributed by atoms with E-state index in [2.05, 4.69) is 11.9 Å². The Balaban J connectivity index is 2.37. The first kappa shape index (κ1) is 11.9. The summed E-state index contributed by atoms with van der Waals surface area (Å²) in [6, 6.07) is 0.597. The number of nitrogens with two attached hydrogens (primary N) is 1. The molecule has 2 unspecified atom stereocenters. The highest BCUT2D eigenvalue weighted by molar-refractivity contribution is 4.82. The summed E-state index contributed by atoms with van der Waals surface area (Å²) in [4.78, 5) is 2.30. The predicted octanol–water partition coefficient (Wildman–Crippen LogP) is 1.80. The first-order chi connectivity index (χ1) is 6.79. The Morgan fingerprint density at radius 1 is 1.36 bits per heavy atom. The van der Waals surface area contributed by atoms with Gasteiger partial charge in [-0.2, -0.15) is 0 Å². The van der Waals surface area contributed by atoms with E-state index < -0.39 is 0 Å². The SMILES string of the molecule is CN(CCCF)C1CCCCC1CN. The number of hydrogen-bond acceptors (Lipinski definition) is 2. The van der Waals surface area contributed by atoms with Crippen LogP contribution in [-0.2, 0) is 0 Å². The van der Waals surface area contributed by atoms with Crippen molar-refractivity contribution >= 4 is 0 Å². The van der Waals surface area contributed by atoms with Crippen LogP contribution in [0.1, 0.15) is 32.1 Å². The molecule has 0 amide bonds. The zero-order valence-corrected chi connectivity index (χ0v) is 9.21. The molecule has 84 valence electrons. The molecule has 2 nitrogen and oxygen atoms in total. The standard InChI is InChI=1S/C11H23FN2/c1-14(8-4-7-12)11-6-3-2-5-10(11)9-13/h10-11H,2-9,13H2,1H3. The summed E-state index contributed by atoms with van der Waals surface area (Å²) in [7, 11) is 2.11. The molecule has 1 aliphatic carbocycles. The van der Waals surface area contributed by atoms with Gasteiger partial charge in [-0.25, -0.2) is 0 Å². The van der Waals surface area contributed by atoms with Crippen molar-refractivity contribution < 1.29 is 4.39 Å². The Morgan fingerprint density at radius 3 is 2.71 bits per heavy atom. The van der Waals surface area contributed by atoms with Gasteiger partial charge in [0.2, 0.25) is 0 Å². The van der Waals surface area contributed by atoms with Gasteiger partial charge in [-0.1, -0.05) is 12.8 Å². The average Bonchev–Trinajstić information content (AvgIpc) is 2.25. The fraction of sp³-hybridized carbons (Fsp3) is 1.00. The Bertz CT molecular complexity index is 152. The zero-order valence-electron chi connectivity index (χ0n) is 9.21. The molecule has 0 saturated heterocycles. The summed E-state index contributed by atoms with van der Waals surface area (Å²) in [5.41, 5.74) is 5.76. The molecule has 3 heteroatoms. The Kier molecular flexibility index (Phi) is 5.41. The highest BCUT2D eigenvalue weighted by Crippen LogP contribution is 2.27. The monoisotopic (exact) mass is 202 g/mol. The van der Waals surface area contributed by atoms with E-state index in [1.54, 1.807) is 0 Å². The third-order valence-electron chi connectivity index (χ3n) is 3.38. The topological polar surface area (TPSA) is 29.3 Å². The summed E-state index contributed by atoms with van der Waals surface area (Å²) in [5, 5.41) is 0. The van der Waals surface area contributed by atoms with E-state index in [0.717, 1.165) is 13.1 Å². The lowest BCUT2D eigenvalue weighted by molar-refractivity contribution is 0.130. The predicted molar refractivity (Wildman–Crippen MR) is 58.0 cm³/mol. The van der Waals surface area contributed by atoms with Gasteiger partial charge in [0.05, 0.1) is 6.67 Å². The van der Waals surface area contributed by atoms with E-state index in [9.17, 15) is 4.39 Å². The van der Waals surface area contributed by atoms with Crippen molar-refractivity contribution in [3.8, 4) is 0 Å². The summed E-state index contributed by atoms with van der Waals surface area (Å²) in [6.07, 6.45) is 5.77. The molecule has 0 bridgehead atoms. The molecular weight excluding hydrogens is 179 g/mol. The zero-order chi connectivity index (χ0) is 10.4. The van der Waals surface area contributed by atoms with Crippen molar-refractivity contribution in [2.24, 2.45) is 11.7 Å². The molecule has 0 aromatic heterocycles. The van der Waals surface area contributed by atoms with Crippen LogP contribution in [0.15, 0.2) is 0 Å². The van der Waals surface area contributed by atoms with Crippen LogP contribution in [0.4, 0.5) is 4.39 Å². The van der Waals surface area contributed by atoms with Crippen molar-refractivity contribution in [2.75, 3.05) is 26.8 Å². The van der Waals surface area contributed by atoms with E-state index >= 15 is 0 Å². The number of nitrogens with zero attached hydrogens (tertiary/aromatic N) is 1. The maximum atomic E-state index is 12.0. The lowest BCUT2D eigenvalue weighted by Gasteiger charge is -2.37. The lowest BCUT2D eigenvalue weighted by atomic mass is 9.83. The van der Waals surface area contributed by atoms with Gasteiger partial charge in [-0.05, 0) is 38.8 Å². The quantitative estimate of drug-likeness (QED) is 0.736. The maximum Gasteiger partial charge on any atom is 0.0906 e. The van der Waals surface area contributed by atoms with Crippen LogP contribution in [0.3, 0.4) is 0 Å². The van der Waals surface area contributed by atoms with Gasteiger partial charge >= 0.3 is 0 Å². The molecule has 14 heavy (non-hydrogen) atoms. The van der Waals surface area contributed by atoms with E-state index in [4.69, 9.17) is 5.73 Å². The first-order valence-electron chi connectivity index (χ1n) is 5.76. The van der Waals surface area contributed by atoms with Crippen LogP contribution in [0.2, 0.25) is 0 Å². The van der Waals surface area contributed by atoms with Gasteiger partial charge < -0.3 is 10.6 Å². The molecule has 0 aromatic carbocycles. The molecule has 0 spiro atoms. The molecule has 2 N–H and O–H groups in total. The second-order valence-corrected chi connectivity index (χ2v) is 4.37. The molecule has 2 atom stereocenters. The summed E-state index contributed by atoms with van der Waals surface area (Å²) >= 11 is 0. The number of rotatable bonds is 5. The smallest absolute Gasteiger partial charge is 0.0906 e. The van der Waals surface area contributed by atoms with Crippen LogP contribution < -0.4 is 5.73 Å². The van der Waals surface area contributed by atoms with E-state index in [1.807, 2.05) is 0 Å². The van der Waals surface area contributed by atoms with Gasteiger partial charge in [0.15, 0.2) is 0 Å². The van der Waals surface area contributed by atoms with Gasteiger partial charge in [-0.3, -0.25) is 4.39 Å². The van der Waals surface area contributed by atoms with E-state index in [-0.39, 0.29) is 6.67 Å². The van der Waals surface area contributed by atoms with Crippen molar-refractivity contribution in [3.63, 3.8) is 0 Å². The molecule has 1 aliphatic rings. The van der Waals surface area contributed by atoms with Crippen LogP contribution in [-0.4, -0.2) is 37.8 Å². The molecule has 0 radical (unpaired) electrons. The minimum absolute atomic E-state index is 0.204. The number of hydrogen-bond donors (Lipinski definition) is 1. The summed E-state index contributed by atoms with van der Waals surface area (Å²) < 4.78 is 12.0. The highest BCUT2D eigenvalue weighted by Gasteiger charge is 2.26. The lowest BCUT2D eigenvalue weighted by Crippen LogP contribution is -2.43. The minimum atomic E-state index is -0.204. The fourth-order valence-electron chi connectivity index (χ4n) is 2.52. The normalized spacial score (nSPS) is 28.3. The molecular formula is C11H23FN2. The molecule has 1 saturated carbocycles. The molecule has 1 fully saturated rings. The average molecular weight is 202 g/mol. The fourth-order valence-corrected chi connectivity index (χ4v) is 2.52. The van der Waals surface area contributed by atoms with Crippen LogP contribution in [0.5, 0.6) is 0 Å². The van der Waals surface area contributed by atoms with Gasteiger partial charge in [0.25, 0.3) is 0 Å². The highest BCUT2D eigenvalue weighted by atomic mass is 19.1. The first-order valence-corrected chi connectivity index (χ1v) is 5.76. The van der Waals surface area contributed by atoms with Crippen LogP contribution in [0, 0.1) is 5.92 Å². The molecule has 0 aliphatic heterocycles. The third kappa shape index (κ3) is 3.21. The second-order valence-electron chi connectivity index (χ2n) is 4.37. The largest absolute Gasteiger partial charge is 0.330 e. The number of halogens is 1. The Morgan fingerprint density at radius 2 is 2.07 bits per heavy atom. The van der Waals surface area contributed by atoms with Gasteiger partial charge in [-0.15, -0.1) is 0 Å². The van der Waals surface area contributed by atoms with Crippen molar-refractivity contribution in [1.82, 2.24) is 4.90 Å². The summed E-state index contributed by atoms with van der Waals surface area (Å²) in [5.74, 6) is 0.633. The minimum Gasteiger partial charge on any atom is -0.330 e. The Hall–Kier alpha value is -0.150. The van der Waals surface area contributed by atoms with E-state index in [1.165, 1.54) is 25.7 Å². The van der Waals surface area contributed by atoms with Crippen molar-refractivity contribution in [2.45, 2.75) is 38.1 Å². The van der Waals surface area contributed by atoms with Crippen LogP contribution >= 0.6 is 0 Å². The van der Waals surface area contributed by atoms with Gasteiger partial charge in [0.1, 0.15) is 0 Å². The second kappa shape index (κ2) is 6.36. The molecule has 0 heterocycles.